The first-order valence-electron chi connectivity index (χ1n) is 8.91. The second-order valence-corrected chi connectivity index (χ2v) is 9.42. The Kier molecular flexibility index (Phi) is 4.66. The minimum Gasteiger partial charge on any atom is -0.326 e. The standard InChI is InChI=1S/C18H28N4O2S/c1-10-8-16-13(4)20-14(5)21-18(16)22(10)17-9-15(11(2)12(17)3)6-7-25(19,23)24/h8,11-12,15,17H,6-7,9H2,1-5H3,(H2,19,23,24)/t11?,12?,15?,17-/m1/s1. The Morgan fingerprint density at radius 1 is 1.20 bits per heavy atom. The Morgan fingerprint density at radius 2 is 1.88 bits per heavy atom. The summed E-state index contributed by atoms with van der Waals surface area (Å²) < 4.78 is 25.0. The van der Waals surface area contributed by atoms with Crippen molar-refractivity contribution in [1.82, 2.24) is 14.5 Å². The number of aromatic nitrogens is 3. The Morgan fingerprint density at radius 3 is 2.52 bits per heavy atom. The summed E-state index contributed by atoms with van der Waals surface area (Å²) in [5, 5.41) is 6.31. The molecule has 3 unspecified atom stereocenters. The Balaban J connectivity index is 1.97. The molecule has 25 heavy (non-hydrogen) atoms. The van der Waals surface area contributed by atoms with Gasteiger partial charge in [0.2, 0.25) is 10.0 Å². The SMILES string of the molecule is Cc1nc(C)c2cc(C)n([C@@H]3CC(CCS(N)(=O)=O)C(C)C3C)c2n1. The van der Waals surface area contributed by atoms with Crippen molar-refractivity contribution < 1.29 is 8.42 Å². The predicted molar refractivity (Wildman–Crippen MR) is 99.8 cm³/mol. The van der Waals surface area contributed by atoms with E-state index in [-0.39, 0.29) is 5.75 Å². The van der Waals surface area contributed by atoms with Gasteiger partial charge in [-0.05, 0) is 57.4 Å². The van der Waals surface area contributed by atoms with Crippen molar-refractivity contribution in [2.45, 2.75) is 53.5 Å². The van der Waals surface area contributed by atoms with E-state index >= 15 is 0 Å². The molecule has 0 aliphatic heterocycles. The molecule has 1 fully saturated rings. The summed E-state index contributed by atoms with van der Waals surface area (Å²) in [4.78, 5) is 9.19. The monoisotopic (exact) mass is 364 g/mol. The van der Waals surface area contributed by atoms with Crippen LogP contribution >= 0.6 is 0 Å². The Bertz CT molecular complexity index is 903. The van der Waals surface area contributed by atoms with Gasteiger partial charge in [0.25, 0.3) is 0 Å². The van der Waals surface area contributed by atoms with E-state index in [0.717, 1.165) is 29.0 Å². The maximum Gasteiger partial charge on any atom is 0.209 e. The molecule has 1 aliphatic carbocycles. The highest BCUT2D eigenvalue weighted by Crippen LogP contribution is 2.47. The number of nitrogens with zero attached hydrogens (tertiary/aromatic N) is 3. The van der Waals surface area contributed by atoms with Gasteiger partial charge in [0, 0.05) is 17.1 Å². The second-order valence-electron chi connectivity index (χ2n) is 7.69. The minimum absolute atomic E-state index is 0.0627. The van der Waals surface area contributed by atoms with Crippen LogP contribution in [0.5, 0.6) is 0 Å². The van der Waals surface area contributed by atoms with Gasteiger partial charge in [-0.3, -0.25) is 0 Å². The third-order valence-electron chi connectivity index (χ3n) is 6.02. The van der Waals surface area contributed by atoms with Crippen LogP contribution in [0, 0.1) is 38.5 Å². The van der Waals surface area contributed by atoms with Gasteiger partial charge in [0.1, 0.15) is 11.5 Å². The van der Waals surface area contributed by atoms with Crippen LogP contribution in [-0.2, 0) is 10.0 Å². The van der Waals surface area contributed by atoms with Gasteiger partial charge in [0.05, 0.1) is 11.4 Å². The van der Waals surface area contributed by atoms with Gasteiger partial charge < -0.3 is 4.57 Å². The highest BCUT2D eigenvalue weighted by atomic mass is 32.2. The number of primary sulfonamides is 1. The number of sulfonamides is 1. The zero-order chi connectivity index (χ0) is 18.5. The molecule has 4 atom stereocenters. The number of aryl methyl sites for hydroxylation is 3. The average molecular weight is 365 g/mol. The Labute approximate surface area is 149 Å². The molecule has 0 radical (unpaired) electrons. The van der Waals surface area contributed by atoms with E-state index < -0.39 is 10.0 Å². The molecule has 0 amide bonds. The number of nitrogens with two attached hydrogens (primary N) is 1. The van der Waals surface area contributed by atoms with Gasteiger partial charge in [0.15, 0.2) is 0 Å². The summed E-state index contributed by atoms with van der Waals surface area (Å²) >= 11 is 0. The van der Waals surface area contributed by atoms with Crippen LogP contribution in [0.1, 0.15) is 49.9 Å². The van der Waals surface area contributed by atoms with Gasteiger partial charge in [-0.25, -0.2) is 23.5 Å². The van der Waals surface area contributed by atoms with E-state index in [0.29, 0.717) is 30.2 Å². The quantitative estimate of drug-likeness (QED) is 0.903. The fourth-order valence-corrected chi connectivity index (χ4v) is 5.11. The van der Waals surface area contributed by atoms with Crippen LogP contribution < -0.4 is 5.14 Å². The molecule has 0 bridgehead atoms. The molecule has 0 aromatic carbocycles. The molecule has 3 rings (SSSR count). The third kappa shape index (κ3) is 3.44. The van der Waals surface area contributed by atoms with Crippen molar-refractivity contribution in [2.24, 2.45) is 22.9 Å². The van der Waals surface area contributed by atoms with Crippen molar-refractivity contribution in [1.29, 1.82) is 0 Å². The molecule has 2 aromatic heterocycles. The molecule has 1 aliphatic rings. The zero-order valence-electron chi connectivity index (χ0n) is 15.7. The summed E-state index contributed by atoms with van der Waals surface area (Å²) in [6.07, 6.45) is 1.59. The number of rotatable bonds is 4. The van der Waals surface area contributed by atoms with Crippen molar-refractivity contribution in [3.05, 3.63) is 23.3 Å². The molecule has 138 valence electrons. The maximum absolute atomic E-state index is 11.3. The first-order chi connectivity index (χ1) is 11.6. The van der Waals surface area contributed by atoms with Crippen molar-refractivity contribution in [2.75, 3.05) is 5.75 Å². The number of hydrogen-bond acceptors (Lipinski definition) is 4. The fourth-order valence-electron chi connectivity index (χ4n) is 4.48. The molecule has 0 spiro atoms. The molecule has 2 heterocycles. The van der Waals surface area contributed by atoms with Gasteiger partial charge in [-0.2, -0.15) is 0 Å². The smallest absolute Gasteiger partial charge is 0.209 e. The van der Waals surface area contributed by atoms with Crippen LogP contribution in [-0.4, -0.2) is 28.7 Å². The van der Waals surface area contributed by atoms with Crippen LogP contribution in [0.15, 0.2) is 6.07 Å². The zero-order valence-corrected chi connectivity index (χ0v) is 16.5. The molecule has 6 nitrogen and oxygen atoms in total. The lowest BCUT2D eigenvalue weighted by atomic mass is 9.90. The maximum atomic E-state index is 11.3. The van der Waals surface area contributed by atoms with E-state index in [2.05, 4.69) is 36.4 Å². The van der Waals surface area contributed by atoms with E-state index in [9.17, 15) is 8.42 Å². The molecular formula is C18H28N4O2S. The van der Waals surface area contributed by atoms with Crippen LogP contribution in [0.3, 0.4) is 0 Å². The van der Waals surface area contributed by atoms with Crippen LogP contribution in [0.4, 0.5) is 0 Å². The lowest BCUT2D eigenvalue weighted by Gasteiger charge is -2.22. The number of hydrogen-bond donors (Lipinski definition) is 1. The van der Waals surface area contributed by atoms with Crippen LogP contribution in [0.25, 0.3) is 11.0 Å². The predicted octanol–water partition coefficient (Wildman–Crippen LogP) is 2.87. The topological polar surface area (TPSA) is 90.9 Å². The van der Waals surface area contributed by atoms with Crippen LogP contribution in [0.2, 0.25) is 0 Å². The minimum atomic E-state index is -3.41. The summed E-state index contributed by atoms with van der Waals surface area (Å²) in [6, 6.07) is 2.49. The Hall–Kier alpha value is -1.47. The molecule has 1 saturated carbocycles. The largest absolute Gasteiger partial charge is 0.326 e. The van der Waals surface area contributed by atoms with E-state index in [1.165, 1.54) is 5.69 Å². The average Bonchev–Trinajstić information content (AvgIpc) is 2.95. The molecule has 7 heteroatoms. The normalized spacial score (nSPS) is 27.3. The summed E-state index contributed by atoms with van der Waals surface area (Å²) in [7, 11) is -3.41. The lowest BCUT2D eigenvalue weighted by molar-refractivity contribution is 0.326. The highest BCUT2D eigenvalue weighted by Gasteiger charge is 2.40. The summed E-state index contributed by atoms with van der Waals surface area (Å²) in [5.74, 6) is 2.11. The summed E-state index contributed by atoms with van der Waals surface area (Å²) in [6.45, 7) is 10.6. The molecule has 0 saturated heterocycles. The van der Waals surface area contributed by atoms with E-state index in [4.69, 9.17) is 10.1 Å². The molecule has 2 aromatic rings. The highest BCUT2D eigenvalue weighted by molar-refractivity contribution is 7.89. The lowest BCUT2D eigenvalue weighted by Crippen LogP contribution is -2.20. The first-order valence-corrected chi connectivity index (χ1v) is 10.6. The van der Waals surface area contributed by atoms with Crippen molar-refractivity contribution in [3.8, 4) is 0 Å². The van der Waals surface area contributed by atoms with Crippen molar-refractivity contribution in [3.63, 3.8) is 0 Å². The first kappa shape index (κ1) is 18.3. The number of fused-ring (bicyclic) bond motifs is 1. The third-order valence-corrected chi connectivity index (χ3v) is 6.82. The molecular weight excluding hydrogens is 336 g/mol. The van der Waals surface area contributed by atoms with Gasteiger partial charge in [-0.15, -0.1) is 0 Å². The van der Waals surface area contributed by atoms with Crippen molar-refractivity contribution >= 4 is 21.1 Å². The fraction of sp³-hybridized carbons (Fsp3) is 0.667. The van der Waals surface area contributed by atoms with E-state index in [1.54, 1.807) is 0 Å². The van der Waals surface area contributed by atoms with E-state index in [1.807, 2.05) is 13.8 Å². The van der Waals surface area contributed by atoms with Gasteiger partial charge in [-0.1, -0.05) is 13.8 Å². The molecule has 2 N–H and O–H groups in total. The summed E-state index contributed by atoms with van der Waals surface area (Å²) in [5.41, 5.74) is 3.20. The van der Waals surface area contributed by atoms with Gasteiger partial charge >= 0.3 is 0 Å². The second kappa shape index (κ2) is 6.36.